The molecule has 0 radical (unpaired) electrons. The van der Waals surface area contributed by atoms with E-state index in [1.165, 1.54) is 51.4 Å². The highest BCUT2D eigenvalue weighted by Crippen LogP contribution is 2.60. The van der Waals surface area contributed by atoms with Crippen molar-refractivity contribution in [1.29, 1.82) is 0 Å². The standard InChI is InChI=1S/C29H48O2/c1-7-22(19(2)3)11-10-20(4)26-14-15-27-23(9-8-16-29(26,27)6)12-13-24-17-25(30)18-28(31)21(24)5/h12-13,19-20,22,25-28,30-31H,5,7-11,14-18H2,1-4,6H3. The van der Waals surface area contributed by atoms with Crippen LogP contribution in [-0.4, -0.2) is 22.4 Å². The van der Waals surface area contributed by atoms with Crippen LogP contribution in [0.2, 0.25) is 0 Å². The molecule has 3 aliphatic carbocycles. The van der Waals surface area contributed by atoms with Crippen molar-refractivity contribution in [3.8, 4) is 0 Å². The Bertz CT molecular complexity index is 687. The smallest absolute Gasteiger partial charge is 0.0811 e. The molecule has 2 heteroatoms. The molecule has 0 aromatic rings. The normalized spacial score (nSPS) is 38.6. The molecule has 0 amide bonds. The van der Waals surface area contributed by atoms with Gasteiger partial charge in [-0.2, -0.15) is 0 Å². The number of aliphatic hydroxyl groups excluding tert-OH is 2. The predicted molar refractivity (Wildman–Crippen MR) is 132 cm³/mol. The zero-order valence-electron chi connectivity index (χ0n) is 20.9. The summed E-state index contributed by atoms with van der Waals surface area (Å²) in [6, 6.07) is 0. The van der Waals surface area contributed by atoms with Crippen molar-refractivity contribution in [1.82, 2.24) is 0 Å². The first-order valence-corrected chi connectivity index (χ1v) is 13.1. The average molecular weight is 429 g/mol. The Morgan fingerprint density at radius 2 is 1.87 bits per heavy atom. The van der Waals surface area contributed by atoms with Crippen LogP contribution in [0.25, 0.3) is 0 Å². The fourth-order valence-corrected chi connectivity index (χ4v) is 7.37. The summed E-state index contributed by atoms with van der Waals surface area (Å²) in [5.41, 5.74) is 3.87. The molecule has 31 heavy (non-hydrogen) atoms. The third-order valence-electron chi connectivity index (χ3n) is 9.45. The molecule has 0 saturated heterocycles. The molecule has 0 aliphatic heterocycles. The van der Waals surface area contributed by atoms with Crippen LogP contribution < -0.4 is 0 Å². The fourth-order valence-electron chi connectivity index (χ4n) is 7.37. The Labute approximate surface area is 191 Å². The van der Waals surface area contributed by atoms with E-state index in [1.807, 2.05) is 0 Å². The zero-order chi connectivity index (χ0) is 22.8. The largest absolute Gasteiger partial charge is 0.393 e. The summed E-state index contributed by atoms with van der Waals surface area (Å²) in [4.78, 5) is 0. The monoisotopic (exact) mass is 428 g/mol. The molecule has 3 aliphatic rings. The molecule has 176 valence electrons. The Hall–Kier alpha value is -0.860. The number of hydrogen-bond acceptors (Lipinski definition) is 2. The van der Waals surface area contributed by atoms with Gasteiger partial charge in [0.15, 0.2) is 0 Å². The molecule has 7 atom stereocenters. The Morgan fingerprint density at radius 3 is 2.55 bits per heavy atom. The number of allylic oxidation sites excluding steroid dienone is 3. The molecular formula is C29H48O2. The van der Waals surface area contributed by atoms with Crippen molar-refractivity contribution in [3.63, 3.8) is 0 Å². The highest BCUT2D eigenvalue weighted by molar-refractivity contribution is 5.38. The maximum absolute atomic E-state index is 10.2. The van der Waals surface area contributed by atoms with Gasteiger partial charge in [-0.05, 0) is 91.1 Å². The van der Waals surface area contributed by atoms with E-state index >= 15 is 0 Å². The number of hydrogen-bond donors (Lipinski definition) is 2. The summed E-state index contributed by atoms with van der Waals surface area (Å²) in [5.74, 6) is 4.02. The van der Waals surface area contributed by atoms with Gasteiger partial charge in [0.1, 0.15) is 0 Å². The minimum Gasteiger partial charge on any atom is -0.393 e. The summed E-state index contributed by atoms with van der Waals surface area (Å²) < 4.78 is 0. The van der Waals surface area contributed by atoms with E-state index in [2.05, 4.69) is 53.3 Å². The van der Waals surface area contributed by atoms with Crippen LogP contribution in [0.1, 0.15) is 98.8 Å². The van der Waals surface area contributed by atoms with Gasteiger partial charge in [0.2, 0.25) is 0 Å². The van der Waals surface area contributed by atoms with Crippen LogP contribution in [0, 0.1) is 35.0 Å². The predicted octanol–water partition coefficient (Wildman–Crippen LogP) is 7.23. The summed E-state index contributed by atoms with van der Waals surface area (Å²) in [5, 5.41) is 20.2. The number of fused-ring (bicyclic) bond motifs is 1. The first-order valence-electron chi connectivity index (χ1n) is 13.1. The van der Waals surface area contributed by atoms with Gasteiger partial charge in [-0.15, -0.1) is 0 Å². The molecule has 3 fully saturated rings. The van der Waals surface area contributed by atoms with Crippen LogP contribution in [0.15, 0.2) is 35.5 Å². The lowest BCUT2D eigenvalue weighted by molar-refractivity contribution is 0.0860. The quantitative estimate of drug-likeness (QED) is 0.449. The Morgan fingerprint density at radius 1 is 1.13 bits per heavy atom. The summed E-state index contributed by atoms with van der Waals surface area (Å²) >= 11 is 0. The van der Waals surface area contributed by atoms with Crippen molar-refractivity contribution >= 4 is 0 Å². The summed E-state index contributed by atoms with van der Waals surface area (Å²) in [7, 11) is 0. The highest BCUT2D eigenvalue weighted by Gasteiger charge is 2.50. The van der Waals surface area contributed by atoms with Gasteiger partial charge in [0, 0.05) is 6.42 Å². The third kappa shape index (κ3) is 5.38. The zero-order valence-corrected chi connectivity index (χ0v) is 20.9. The summed E-state index contributed by atoms with van der Waals surface area (Å²) in [6.45, 7) is 16.3. The maximum Gasteiger partial charge on any atom is 0.0811 e. The van der Waals surface area contributed by atoms with Crippen LogP contribution in [-0.2, 0) is 0 Å². The van der Waals surface area contributed by atoms with Crippen LogP contribution in [0.5, 0.6) is 0 Å². The van der Waals surface area contributed by atoms with Gasteiger partial charge in [-0.25, -0.2) is 0 Å². The minimum atomic E-state index is -0.598. The number of rotatable bonds is 7. The topological polar surface area (TPSA) is 40.5 Å². The molecule has 0 aromatic carbocycles. The van der Waals surface area contributed by atoms with Gasteiger partial charge < -0.3 is 10.2 Å². The second-order valence-corrected chi connectivity index (χ2v) is 11.6. The van der Waals surface area contributed by atoms with E-state index in [1.54, 1.807) is 5.57 Å². The van der Waals surface area contributed by atoms with E-state index in [9.17, 15) is 10.2 Å². The second kappa shape index (κ2) is 10.4. The van der Waals surface area contributed by atoms with Crippen molar-refractivity contribution in [2.45, 2.75) is 111 Å². The molecule has 2 N–H and O–H groups in total. The second-order valence-electron chi connectivity index (χ2n) is 11.6. The third-order valence-corrected chi connectivity index (χ3v) is 9.45. The van der Waals surface area contributed by atoms with Crippen LogP contribution in [0.3, 0.4) is 0 Å². The lowest BCUT2D eigenvalue weighted by atomic mass is 9.60. The van der Waals surface area contributed by atoms with Crippen molar-refractivity contribution in [2.75, 3.05) is 0 Å². The molecule has 7 unspecified atom stereocenters. The lowest BCUT2D eigenvalue weighted by Crippen LogP contribution is -2.36. The van der Waals surface area contributed by atoms with Gasteiger partial charge in [-0.3, -0.25) is 0 Å². The molecular weight excluding hydrogens is 380 g/mol. The SMILES string of the molecule is C=C1C(=CC=C2CCCC3(C)C2CCC3C(C)CCC(CC)C(C)C)CC(O)CC1O. The van der Waals surface area contributed by atoms with Crippen molar-refractivity contribution in [3.05, 3.63) is 35.5 Å². The Kier molecular flexibility index (Phi) is 8.30. The maximum atomic E-state index is 10.2. The Balaban J connectivity index is 1.71. The van der Waals surface area contributed by atoms with Crippen LogP contribution in [0.4, 0.5) is 0 Å². The molecule has 0 spiro atoms. The van der Waals surface area contributed by atoms with E-state index < -0.39 is 12.2 Å². The van der Waals surface area contributed by atoms with E-state index in [0.717, 1.165) is 34.8 Å². The van der Waals surface area contributed by atoms with E-state index in [0.29, 0.717) is 24.2 Å². The molecule has 0 bridgehead atoms. The van der Waals surface area contributed by atoms with Crippen LogP contribution >= 0.6 is 0 Å². The van der Waals surface area contributed by atoms with Gasteiger partial charge in [-0.1, -0.05) is 71.8 Å². The first-order chi connectivity index (χ1) is 14.7. The summed E-state index contributed by atoms with van der Waals surface area (Å²) in [6.07, 6.45) is 15.1. The lowest BCUT2D eigenvalue weighted by Gasteiger charge is -2.44. The average Bonchev–Trinajstić information content (AvgIpc) is 3.07. The molecule has 3 saturated carbocycles. The minimum absolute atomic E-state index is 0.419. The molecule has 0 aromatic heterocycles. The van der Waals surface area contributed by atoms with E-state index in [4.69, 9.17) is 0 Å². The first kappa shape index (κ1) is 24.8. The van der Waals surface area contributed by atoms with E-state index in [-0.39, 0.29) is 0 Å². The number of aliphatic hydroxyl groups is 2. The van der Waals surface area contributed by atoms with Gasteiger partial charge in [0.05, 0.1) is 12.2 Å². The highest BCUT2D eigenvalue weighted by atomic mass is 16.3. The molecule has 2 nitrogen and oxygen atoms in total. The van der Waals surface area contributed by atoms with Gasteiger partial charge in [0.25, 0.3) is 0 Å². The molecule has 3 rings (SSSR count). The van der Waals surface area contributed by atoms with Gasteiger partial charge >= 0.3 is 0 Å². The van der Waals surface area contributed by atoms with Crippen molar-refractivity contribution in [2.24, 2.45) is 35.0 Å². The fraction of sp³-hybridized carbons (Fsp3) is 0.793. The van der Waals surface area contributed by atoms with Crippen molar-refractivity contribution < 1.29 is 10.2 Å². The molecule has 0 heterocycles.